The lowest BCUT2D eigenvalue weighted by atomic mass is 9.94. The Hall–Kier alpha value is -3.32. The van der Waals surface area contributed by atoms with Gasteiger partial charge in [0.1, 0.15) is 5.75 Å². The largest absolute Gasteiger partial charge is 0.497 e. The zero-order chi connectivity index (χ0) is 23.4. The molecule has 2 heterocycles. The minimum absolute atomic E-state index is 0.141. The molecule has 0 aliphatic carbocycles. The van der Waals surface area contributed by atoms with Crippen molar-refractivity contribution in [2.45, 2.75) is 39.2 Å². The summed E-state index contributed by atoms with van der Waals surface area (Å²) in [7, 11) is 1.62. The summed E-state index contributed by atoms with van der Waals surface area (Å²) in [6.07, 6.45) is 3.04. The molecule has 1 N–H and O–H groups in total. The third kappa shape index (κ3) is 4.88. The quantitative estimate of drug-likeness (QED) is 0.406. The van der Waals surface area contributed by atoms with E-state index in [1.165, 1.54) is 0 Å². The maximum atomic E-state index is 13.0. The second kappa shape index (κ2) is 10.1. The number of urea groups is 1. The van der Waals surface area contributed by atoms with Crippen molar-refractivity contribution in [2.75, 3.05) is 13.7 Å². The van der Waals surface area contributed by atoms with Crippen LogP contribution in [0.5, 0.6) is 5.75 Å². The van der Waals surface area contributed by atoms with Crippen molar-refractivity contribution < 1.29 is 14.1 Å². The molecule has 0 saturated heterocycles. The number of nitrogens with one attached hydrogen (secondary N) is 1. The van der Waals surface area contributed by atoms with Gasteiger partial charge in [0.05, 0.1) is 18.7 Å². The molecule has 1 atom stereocenters. The molecule has 33 heavy (non-hydrogen) atoms. The van der Waals surface area contributed by atoms with Gasteiger partial charge in [-0.1, -0.05) is 48.7 Å². The van der Waals surface area contributed by atoms with Crippen molar-refractivity contribution in [1.82, 2.24) is 20.4 Å². The van der Waals surface area contributed by atoms with E-state index in [9.17, 15) is 4.79 Å². The first-order valence-electron chi connectivity index (χ1n) is 11.0. The standard InChI is InChI=1S/C25H27ClN4O3/c1-4-5-6-14-30-16(2)21(22(27-25(30)31)18-8-7-9-20(15-18)32-3)24-28-23(29-33-24)17-10-12-19(26)13-11-17/h7-13,15,22H,4-6,14H2,1-3H3,(H,27,31). The predicted molar refractivity (Wildman–Crippen MR) is 128 cm³/mol. The maximum absolute atomic E-state index is 13.0. The molecule has 0 fully saturated rings. The van der Waals surface area contributed by atoms with Crippen LogP contribution in [-0.2, 0) is 0 Å². The Bertz CT molecular complexity index is 1160. The Morgan fingerprint density at radius 1 is 1.18 bits per heavy atom. The van der Waals surface area contributed by atoms with Crippen LogP contribution in [-0.4, -0.2) is 34.7 Å². The Morgan fingerprint density at radius 2 is 1.97 bits per heavy atom. The first-order chi connectivity index (χ1) is 16.0. The van der Waals surface area contributed by atoms with E-state index in [-0.39, 0.29) is 6.03 Å². The van der Waals surface area contributed by atoms with Crippen LogP contribution in [0, 0.1) is 0 Å². The first-order valence-corrected chi connectivity index (χ1v) is 11.4. The number of halogens is 1. The highest BCUT2D eigenvalue weighted by Crippen LogP contribution is 2.38. The van der Waals surface area contributed by atoms with Crippen molar-refractivity contribution >= 4 is 23.2 Å². The molecule has 1 unspecified atom stereocenters. The minimum Gasteiger partial charge on any atom is -0.497 e. The molecule has 1 aliphatic heterocycles. The molecule has 0 radical (unpaired) electrons. The van der Waals surface area contributed by atoms with Gasteiger partial charge in [0.25, 0.3) is 5.89 Å². The predicted octanol–water partition coefficient (Wildman–Crippen LogP) is 6.09. The van der Waals surface area contributed by atoms with E-state index in [2.05, 4.69) is 22.4 Å². The van der Waals surface area contributed by atoms with Crippen LogP contribution in [0.2, 0.25) is 5.02 Å². The van der Waals surface area contributed by atoms with Gasteiger partial charge < -0.3 is 14.6 Å². The van der Waals surface area contributed by atoms with Crippen LogP contribution < -0.4 is 10.1 Å². The summed E-state index contributed by atoms with van der Waals surface area (Å²) in [6, 6.07) is 14.3. The van der Waals surface area contributed by atoms with Gasteiger partial charge in [-0.2, -0.15) is 4.98 Å². The number of ether oxygens (including phenoxy) is 1. The molecule has 1 aromatic heterocycles. The van der Waals surface area contributed by atoms with Crippen LogP contribution in [0.3, 0.4) is 0 Å². The summed E-state index contributed by atoms with van der Waals surface area (Å²) in [4.78, 5) is 19.5. The lowest BCUT2D eigenvalue weighted by Gasteiger charge is -2.35. The number of nitrogens with zero attached hydrogens (tertiary/aromatic N) is 3. The second-order valence-electron chi connectivity index (χ2n) is 7.95. The highest BCUT2D eigenvalue weighted by molar-refractivity contribution is 6.30. The molecule has 3 aromatic rings. The number of hydrogen-bond acceptors (Lipinski definition) is 5. The van der Waals surface area contributed by atoms with Gasteiger partial charge in [-0.3, -0.25) is 4.90 Å². The minimum atomic E-state index is -0.450. The molecule has 1 aliphatic rings. The number of unbranched alkanes of at least 4 members (excludes halogenated alkanes) is 2. The number of aromatic nitrogens is 2. The molecular formula is C25H27ClN4O3. The smallest absolute Gasteiger partial charge is 0.322 e. The zero-order valence-corrected chi connectivity index (χ0v) is 19.7. The summed E-state index contributed by atoms with van der Waals surface area (Å²) >= 11 is 6.01. The van der Waals surface area contributed by atoms with Gasteiger partial charge in [-0.15, -0.1) is 0 Å². The molecule has 2 aromatic carbocycles. The van der Waals surface area contributed by atoms with E-state index < -0.39 is 6.04 Å². The molecule has 4 rings (SSSR count). The van der Waals surface area contributed by atoms with Gasteiger partial charge >= 0.3 is 6.03 Å². The number of carbonyl (C=O) groups excluding carboxylic acids is 1. The van der Waals surface area contributed by atoms with E-state index >= 15 is 0 Å². The van der Waals surface area contributed by atoms with Crippen LogP contribution >= 0.6 is 11.6 Å². The summed E-state index contributed by atoms with van der Waals surface area (Å²) in [5.74, 6) is 1.53. The van der Waals surface area contributed by atoms with Crippen molar-refractivity contribution in [2.24, 2.45) is 0 Å². The van der Waals surface area contributed by atoms with Crippen molar-refractivity contribution in [3.8, 4) is 17.1 Å². The van der Waals surface area contributed by atoms with Crippen LogP contribution in [0.25, 0.3) is 17.0 Å². The average molecular weight is 467 g/mol. The van der Waals surface area contributed by atoms with E-state index in [4.69, 9.17) is 20.9 Å². The second-order valence-corrected chi connectivity index (χ2v) is 8.38. The van der Waals surface area contributed by atoms with Crippen LogP contribution in [0.4, 0.5) is 4.79 Å². The normalized spacial score (nSPS) is 16.2. The summed E-state index contributed by atoms with van der Waals surface area (Å²) in [5, 5.41) is 7.95. The third-order valence-corrected chi connectivity index (χ3v) is 6.02. The number of hydrogen-bond donors (Lipinski definition) is 1. The summed E-state index contributed by atoms with van der Waals surface area (Å²) in [5.41, 5.74) is 3.24. The average Bonchev–Trinajstić information content (AvgIpc) is 3.31. The number of methoxy groups -OCH3 is 1. The molecule has 8 heteroatoms. The van der Waals surface area contributed by atoms with Gasteiger partial charge in [0.15, 0.2) is 0 Å². The third-order valence-electron chi connectivity index (χ3n) is 5.77. The Kier molecular flexibility index (Phi) is 6.99. The highest BCUT2D eigenvalue weighted by Gasteiger charge is 2.35. The molecular weight excluding hydrogens is 440 g/mol. The topological polar surface area (TPSA) is 80.5 Å². The summed E-state index contributed by atoms with van der Waals surface area (Å²) in [6.45, 7) is 4.69. The monoisotopic (exact) mass is 466 g/mol. The van der Waals surface area contributed by atoms with E-state index in [0.717, 1.165) is 41.7 Å². The van der Waals surface area contributed by atoms with Crippen LogP contribution in [0.15, 0.2) is 58.8 Å². The fraction of sp³-hybridized carbons (Fsp3) is 0.320. The van der Waals surface area contributed by atoms with Gasteiger partial charge in [-0.25, -0.2) is 4.79 Å². The Morgan fingerprint density at radius 3 is 2.70 bits per heavy atom. The summed E-state index contributed by atoms with van der Waals surface area (Å²) < 4.78 is 11.1. The fourth-order valence-electron chi connectivity index (χ4n) is 3.97. The fourth-order valence-corrected chi connectivity index (χ4v) is 4.09. The Labute approximate surface area is 198 Å². The highest BCUT2D eigenvalue weighted by atomic mass is 35.5. The molecule has 0 saturated carbocycles. The molecule has 172 valence electrons. The lowest BCUT2D eigenvalue weighted by Crippen LogP contribution is -2.46. The SMILES string of the molecule is CCCCCN1C(=O)NC(c2cccc(OC)c2)C(c2nc(-c3ccc(Cl)cc3)no2)=C1C. The number of carbonyl (C=O) groups is 1. The number of allylic oxidation sites excluding steroid dienone is 1. The first kappa shape index (κ1) is 22.9. The number of benzene rings is 2. The van der Waals surface area contributed by atoms with Gasteiger partial charge in [0.2, 0.25) is 5.82 Å². The molecule has 0 bridgehead atoms. The number of rotatable bonds is 8. The van der Waals surface area contributed by atoms with E-state index in [1.54, 1.807) is 24.1 Å². The van der Waals surface area contributed by atoms with E-state index in [0.29, 0.717) is 29.0 Å². The molecule has 7 nitrogen and oxygen atoms in total. The van der Waals surface area contributed by atoms with Crippen LogP contribution in [0.1, 0.15) is 50.6 Å². The Balaban J connectivity index is 1.77. The van der Waals surface area contributed by atoms with Crippen molar-refractivity contribution in [3.63, 3.8) is 0 Å². The molecule has 2 amide bonds. The maximum Gasteiger partial charge on any atom is 0.322 e. The van der Waals surface area contributed by atoms with Crippen molar-refractivity contribution in [1.29, 1.82) is 0 Å². The van der Waals surface area contributed by atoms with Crippen molar-refractivity contribution in [3.05, 3.63) is 70.7 Å². The van der Waals surface area contributed by atoms with Gasteiger partial charge in [0, 0.05) is 22.8 Å². The molecule has 0 spiro atoms. The lowest BCUT2D eigenvalue weighted by molar-refractivity contribution is 0.204. The zero-order valence-electron chi connectivity index (χ0n) is 19.0. The number of amides is 2. The van der Waals surface area contributed by atoms with E-state index in [1.807, 2.05) is 43.3 Å². The van der Waals surface area contributed by atoms with Gasteiger partial charge in [-0.05, 0) is 55.3 Å².